The van der Waals surface area contributed by atoms with Gasteiger partial charge in [0.2, 0.25) is 0 Å². The Hall–Kier alpha value is -1.30. The van der Waals surface area contributed by atoms with Crippen LogP contribution in [-0.2, 0) is 9.53 Å². The van der Waals surface area contributed by atoms with Crippen molar-refractivity contribution in [2.24, 2.45) is 11.3 Å². The highest BCUT2D eigenvalue weighted by Crippen LogP contribution is 2.35. The first kappa shape index (κ1) is 16.1. The molecular formula is C15H26N2O4. The van der Waals surface area contributed by atoms with Crippen LogP contribution in [0.4, 0.5) is 4.79 Å². The van der Waals surface area contributed by atoms with Gasteiger partial charge in [0, 0.05) is 13.6 Å². The molecule has 2 N–H and O–H groups in total. The van der Waals surface area contributed by atoms with Crippen molar-refractivity contribution in [2.75, 3.05) is 26.8 Å². The molecule has 2 unspecified atom stereocenters. The highest BCUT2D eigenvalue weighted by molar-refractivity contribution is 5.77. The highest BCUT2D eigenvalue weighted by Gasteiger charge is 2.39. The number of nitrogens with zero attached hydrogens (tertiary/aromatic N) is 1. The number of carbonyl (C=O) groups is 2. The fourth-order valence-electron chi connectivity index (χ4n) is 3.31. The average Bonchev–Trinajstić information content (AvgIpc) is 2.94. The zero-order valence-corrected chi connectivity index (χ0v) is 12.9. The van der Waals surface area contributed by atoms with Gasteiger partial charge in [-0.25, -0.2) is 4.79 Å². The summed E-state index contributed by atoms with van der Waals surface area (Å²) >= 11 is 0. The molecule has 1 aliphatic heterocycles. The van der Waals surface area contributed by atoms with E-state index in [0.717, 1.165) is 12.8 Å². The maximum Gasteiger partial charge on any atom is 0.317 e. The number of nitrogens with one attached hydrogen (secondary N) is 1. The molecule has 0 spiro atoms. The predicted octanol–water partition coefficient (Wildman–Crippen LogP) is 1.70. The van der Waals surface area contributed by atoms with Crippen LogP contribution < -0.4 is 5.32 Å². The third-order valence-electron chi connectivity index (χ3n) is 4.91. The standard InChI is InChI=1S/C15H26N2O4/c1-15(6-4-3-5-7-15)10-16-14(20)17(2)12-9-21-8-11(12)13(18)19/h11-12H,3-10H2,1-2H3,(H,16,20)(H,18,19). The summed E-state index contributed by atoms with van der Waals surface area (Å²) in [6, 6.07) is -0.592. The maximum atomic E-state index is 12.2. The predicted molar refractivity (Wildman–Crippen MR) is 78.1 cm³/mol. The van der Waals surface area contributed by atoms with Gasteiger partial charge < -0.3 is 20.1 Å². The third-order valence-corrected chi connectivity index (χ3v) is 4.91. The monoisotopic (exact) mass is 298 g/mol. The van der Waals surface area contributed by atoms with Crippen LogP contribution >= 0.6 is 0 Å². The molecule has 2 amide bonds. The van der Waals surface area contributed by atoms with Gasteiger partial charge in [-0.1, -0.05) is 26.2 Å². The largest absolute Gasteiger partial charge is 0.481 e. The molecule has 2 atom stereocenters. The van der Waals surface area contributed by atoms with Crippen LogP contribution in [0.15, 0.2) is 0 Å². The summed E-state index contributed by atoms with van der Waals surface area (Å²) in [7, 11) is 1.65. The lowest BCUT2D eigenvalue weighted by molar-refractivity contribution is -0.142. The molecule has 0 bridgehead atoms. The number of urea groups is 1. The summed E-state index contributed by atoms with van der Waals surface area (Å²) in [5.41, 5.74) is 0.174. The van der Waals surface area contributed by atoms with E-state index < -0.39 is 11.9 Å². The molecule has 2 rings (SSSR count). The fourth-order valence-corrected chi connectivity index (χ4v) is 3.31. The van der Waals surface area contributed by atoms with Gasteiger partial charge in [-0.05, 0) is 18.3 Å². The zero-order chi connectivity index (χ0) is 15.5. The number of hydrogen-bond acceptors (Lipinski definition) is 3. The van der Waals surface area contributed by atoms with Gasteiger partial charge in [0.1, 0.15) is 5.92 Å². The van der Waals surface area contributed by atoms with E-state index in [9.17, 15) is 9.59 Å². The Bertz CT molecular complexity index is 393. The molecule has 0 aromatic rings. The number of amides is 2. The van der Waals surface area contributed by atoms with Gasteiger partial charge in [0.05, 0.1) is 19.3 Å². The summed E-state index contributed by atoms with van der Waals surface area (Å²) in [6.45, 7) is 3.33. The van der Waals surface area contributed by atoms with Crippen molar-refractivity contribution >= 4 is 12.0 Å². The Kier molecular flexibility index (Phi) is 5.08. The molecule has 1 saturated heterocycles. The van der Waals surface area contributed by atoms with Crippen molar-refractivity contribution in [1.82, 2.24) is 10.2 Å². The normalized spacial score (nSPS) is 28.1. The molecular weight excluding hydrogens is 272 g/mol. The van der Waals surface area contributed by atoms with Gasteiger partial charge >= 0.3 is 12.0 Å². The van der Waals surface area contributed by atoms with Crippen LogP contribution in [0.25, 0.3) is 0 Å². The molecule has 6 heteroatoms. The van der Waals surface area contributed by atoms with Crippen molar-refractivity contribution in [3.8, 4) is 0 Å². The number of aliphatic carboxylic acids is 1. The second kappa shape index (κ2) is 6.64. The third kappa shape index (κ3) is 3.87. The SMILES string of the molecule is CN(C(=O)NCC1(C)CCCCC1)C1COCC1C(=O)O. The van der Waals surface area contributed by atoms with E-state index >= 15 is 0 Å². The minimum absolute atomic E-state index is 0.174. The lowest BCUT2D eigenvalue weighted by Gasteiger charge is -2.35. The van der Waals surface area contributed by atoms with E-state index in [1.807, 2.05) is 0 Å². The molecule has 0 radical (unpaired) electrons. The second-order valence-corrected chi connectivity index (χ2v) is 6.69. The summed E-state index contributed by atoms with van der Waals surface area (Å²) in [4.78, 5) is 24.9. The van der Waals surface area contributed by atoms with Gasteiger partial charge in [-0.3, -0.25) is 4.79 Å². The molecule has 2 aliphatic rings. The summed E-state index contributed by atoms with van der Waals surface area (Å²) in [5, 5.41) is 12.1. The van der Waals surface area contributed by atoms with Gasteiger partial charge in [0.25, 0.3) is 0 Å². The molecule has 1 heterocycles. The first-order valence-corrected chi connectivity index (χ1v) is 7.74. The number of carbonyl (C=O) groups excluding carboxylic acids is 1. The maximum absolute atomic E-state index is 12.2. The Labute approximate surface area is 125 Å². The van der Waals surface area contributed by atoms with Crippen molar-refractivity contribution in [3.05, 3.63) is 0 Å². The Morgan fingerprint density at radius 1 is 1.29 bits per heavy atom. The quantitative estimate of drug-likeness (QED) is 0.828. The van der Waals surface area contributed by atoms with Crippen LogP contribution in [0.1, 0.15) is 39.0 Å². The molecule has 0 aromatic carbocycles. The molecule has 1 aliphatic carbocycles. The van der Waals surface area contributed by atoms with Crippen LogP contribution in [0.5, 0.6) is 0 Å². The molecule has 120 valence electrons. The van der Waals surface area contributed by atoms with Crippen molar-refractivity contribution in [1.29, 1.82) is 0 Å². The van der Waals surface area contributed by atoms with Crippen LogP contribution in [-0.4, -0.2) is 54.9 Å². The Morgan fingerprint density at radius 2 is 1.95 bits per heavy atom. The molecule has 0 aromatic heterocycles. The number of hydrogen-bond donors (Lipinski definition) is 2. The van der Waals surface area contributed by atoms with Gasteiger partial charge in [0.15, 0.2) is 0 Å². The summed E-state index contributed by atoms with van der Waals surface area (Å²) in [6.07, 6.45) is 6.01. The molecule has 6 nitrogen and oxygen atoms in total. The van der Waals surface area contributed by atoms with Crippen molar-refractivity contribution in [2.45, 2.75) is 45.1 Å². The lowest BCUT2D eigenvalue weighted by atomic mass is 9.76. The smallest absolute Gasteiger partial charge is 0.317 e. The minimum atomic E-state index is -0.906. The lowest BCUT2D eigenvalue weighted by Crippen LogP contribution is -2.50. The van der Waals surface area contributed by atoms with E-state index in [0.29, 0.717) is 6.54 Å². The molecule has 1 saturated carbocycles. The summed E-state index contributed by atoms with van der Waals surface area (Å²) < 4.78 is 5.21. The van der Waals surface area contributed by atoms with E-state index in [1.165, 1.54) is 24.2 Å². The van der Waals surface area contributed by atoms with E-state index in [1.54, 1.807) is 7.05 Å². The van der Waals surface area contributed by atoms with Crippen molar-refractivity contribution < 1.29 is 19.4 Å². The zero-order valence-electron chi connectivity index (χ0n) is 12.9. The number of rotatable bonds is 4. The number of carboxylic acid groups (broad SMARTS) is 1. The first-order valence-electron chi connectivity index (χ1n) is 7.74. The number of likely N-dealkylation sites (N-methyl/N-ethyl adjacent to an activating group) is 1. The fraction of sp³-hybridized carbons (Fsp3) is 0.867. The van der Waals surface area contributed by atoms with Gasteiger partial charge in [-0.15, -0.1) is 0 Å². The van der Waals surface area contributed by atoms with E-state index in [-0.39, 0.29) is 30.7 Å². The number of ether oxygens (including phenoxy) is 1. The Morgan fingerprint density at radius 3 is 2.57 bits per heavy atom. The van der Waals surface area contributed by atoms with Crippen molar-refractivity contribution in [3.63, 3.8) is 0 Å². The molecule has 21 heavy (non-hydrogen) atoms. The van der Waals surface area contributed by atoms with E-state index in [4.69, 9.17) is 9.84 Å². The topological polar surface area (TPSA) is 78.9 Å². The number of carboxylic acids is 1. The first-order chi connectivity index (χ1) is 9.93. The second-order valence-electron chi connectivity index (χ2n) is 6.69. The van der Waals surface area contributed by atoms with Crippen LogP contribution in [0, 0.1) is 11.3 Å². The average molecular weight is 298 g/mol. The minimum Gasteiger partial charge on any atom is -0.481 e. The van der Waals surface area contributed by atoms with E-state index in [2.05, 4.69) is 12.2 Å². The Balaban J connectivity index is 1.86. The highest BCUT2D eigenvalue weighted by atomic mass is 16.5. The van der Waals surface area contributed by atoms with Crippen LogP contribution in [0.3, 0.4) is 0 Å². The summed E-state index contributed by atoms with van der Waals surface area (Å²) in [5.74, 6) is -1.54. The van der Waals surface area contributed by atoms with Gasteiger partial charge in [-0.2, -0.15) is 0 Å². The van der Waals surface area contributed by atoms with Crippen LogP contribution in [0.2, 0.25) is 0 Å². The molecule has 2 fully saturated rings.